The molecule has 0 aliphatic carbocycles. The van der Waals surface area contributed by atoms with Crippen molar-refractivity contribution in [2.24, 2.45) is 0 Å². The number of rotatable bonds is 2. The molecule has 0 radical (unpaired) electrons. The maximum absolute atomic E-state index is 13.3. The molecular weight excluding hydrogens is 323 g/mol. The van der Waals surface area contributed by atoms with Crippen LogP contribution in [0.1, 0.15) is 29.9 Å². The molecule has 1 fully saturated rings. The molecule has 0 atom stereocenters. The summed E-state index contributed by atoms with van der Waals surface area (Å²) in [7, 11) is 0. The average Bonchev–Trinajstić information content (AvgIpc) is 2.55. The largest absolute Gasteiger partial charge is 0.416 e. The molecular formula is C18H17ClF3N. The molecule has 0 spiro atoms. The lowest BCUT2D eigenvalue weighted by Crippen LogP contribution is -2.26. The summed E-state index contributed by atoms with van der Waals surface area (Å²) in [6.07, 6.45) is -2.66. The van der Waals surface area contributed by atoms with Crippen molar-refractivity contribution in [1.82, 2.24) is 5.32 Å². The van der Waals surface area contributed by atoms with Crippen molar-refractivity contribution in [3.8, 4) is 11.1 Å². The van der Waals surface area contributed by atoms with Gasteiger partial charge in [0.05, 0.1) is 5.56 Å². The molecule has 1 N–H and O–H groups in total. The summed E-state index contributed by atoms with van der Waals surface area (Å²) in [5, 5.41) is 3.70. The zero-order valence-electron chi connectivity index (χ0n) is 12.5. The van der Waals surface area contributed by atoms with Gasteiger partial charge in [0, 0.05) is 10.6 Å². The highest BCUT2D eigenvalue weighted by Crippen LogP contribution is 2.38. The smallest absolute Gasteiger partial charge is 0.317 e. The summed E-state index contributed by atoms with van der Waals surface area (Å²) >= 11 is 6.17. The highest BCUT2D eigenvalue weighted by atomic mass is 35.5. The van der Waals surface area contributed by atoms with Gasteiger partial charge in [-0.05, 0) is 61.2 Å². The number of alkyl halides is 3. The van der Waals surface area contributed by atoms with Crippen molar-refractivity contribution in [3.05, 3.63) is 58.6 Å². The van der Waals surface area contributed by atoms with Crippen LogP contribution in [0.3, 0.4) is 0 Å². The zero-order chi connectivity index (χ0) is 16.4. The van der Waals surface area contributed by atoms with Crippen LogP contribution in [0.15, 0.2) is 42.5 Å². The molecule has 0 bridgehead atoms. The summed E-state index contributed by atoms with van der Waals surface area (Å²) in [6.45, 7) is 1.67. The third-order valence-corrected chi connectivity index (χ3v) is 4.61. The summed E-state index contributed by atoms with van der Waals surface area (Å²) in [5.74, 6) is 0.153. The van der Waals surface area contributed by atoms with Gasteiger partial charge in [-0.15, -0.1) is 0 Å². The fourth-order valence-electron chi connectivity index (χ4n) is 3.06. The van der Waals surface area contributed by atoms with Crippen molar-refractivity contribution in [3.63, 3.8) is 0 Å². The number of benzene rings is 2. The number of hydrogen-bond donors (Lipinski definition) is 1. The molecule has 1 saturated heterocycles. The van der Waals surface area contributed by atoms with E-state index in [4.69, 9.17) is 11.6 Å². The Labute approximate surface area is 138 Å². The Morgan fingerprint density at radius 2 is 1.70 bits per heavy atom. The molecule has 1 nitrogen and oxygen atoms in total. The third kappa shape index (κ3) is 3.70. The fourth-order valence-corrected chi connectivity index (χ4v) is 3.30. The highest BCUT2D eigenvalue weighted by Gasteiger charge is 2.32. The van der Waals surface area contributed by atoms with Crippen LogP contribution < -0.4 is 5.32 Å². The van der Waals surface area contributed by atoms with E-state index in [-0.39, 0.29) is 5.92 Å². The van der Waals surface area contributed by atoms with Crippen LogP contribution in [0, 0.1) is 0 Å². The van der Waals surface area contributed by atoms with Gasteiger partial charge in [-0.2, -0.15) is 13.2 Å². The monoisotopic (exact) mass is 339 g/mol. The SMILES string of the molecule is FC(F)(F)c1cc(-c2ccccc2Cl)cc(C2CCNCC2)c1. The molecule has 1 heterocycles. The topological polar surface area (TPSA) is 12.0 Å². The lowest BCUT2D eigenvalue weighted by Gasteiger charge is -2.24. The lowest BCUT2D eigenvalue weighted by molar-refractivity contribution is -0.137. The molecule has 5 heteroatoms. The number of piperidine rings is 1. The molecule has 1 aliphatic heterocycles. The molecule has 0 amide bonds. The van der Waals surface area contributed by atoms with Crippen molar-refractivity contribution in [2.75, 3.05) is 13.1 Å². The van der Waals surface area contributed by atoms with E-state index in [1.165, 1.54) is 12.1 Å². The first-order valence-electron chi connectivity index (χ1n) is 7.63. The van der Waals surface area contributed by atoms with Gasteiger partial charge in [-0.25, -0.2) is 0 Å². The van der Waals surface area contributed by atoms with E-state index in [2.05, 4.69) is 5.32 Å². The van der Waals surface area contributed by atoms with Gasteiger partial charge in [-0.3, -0.25) is 0 Å². The minimum atomic E-state index is -4.36. The van der Waals surface area contributed by atoms with Crippen LogP contribution in [0.4, 0.5) is 13.2 Å². The Morgan fingerprint density at radius 3 is 2.35 bits per heavy atom. The van der Waals surface area contributed by atoms with Gasteiger partial charge >= 0.3 is 6.18 Å². The summed E-state index contributed by atoms with van der Waals surface area (Å²) in [6, 6.07) is 11.3. The standard InChI is InChI=1S/C18H17ClF3N/c19-17-4-2-1-3-16(17)14-9-13(12-5-7-23-8-6-12)10-15(11-14)18(20,21)22/h1-4,9-12,23H,5-8H2. The van der Waals surface area contributed by atoms with Gasteiger partial charge in [0.2, 0.25) is 0 Å². The first kappa shape index (κ1) is 16.3. The van der Waals surface area contributed by atoms with Gasteiger partial charge in [0.15, 0.2) is 0 Å². The summed E-state index contributed by atoms with van der Waals surface area (Å²) < 4.78 is 39.9. The van der Waals surface area contributed by atoms with E-state index in [9.17, 15) is 13.2 Å². The van der Waals surface area contributed by atoms with Gasteiger partial charge in [0.1, 0.15) is 0 Å². The van der Waals surface area contributed by atoms with Crippen LogP contribution in [0.2, 0.25) is 5.02 Å². The van der Waals surface area contributed by atoms with Crippen molar-refractivity contribution in [1.29, 1.82) is 0 Å². The van der Waals surface area contributed by atoms with E-state index >= 15 is 0 Å². The normalized spacial score (nSPS) is 16.5. The zero-order valence-corrected chi connectivity index (χ0v) is 13.2. The number of halogens is 4. The molecule has 122 valence electrons. The quantitative estimate of drug-likeness (QED) is 0.762. The Balaban J connectivity index is 2.10. The van der Waals surface area contributed by atoms with Gasteiger partial charge < -0.3 is 5.32 Å². The average molecular weight is 340 g/mol. The third-order valence-electron chi connectivity index (χ3n) is 4.28. The molecule has 0 unspecified atom stereocenters. The van der Waals surface area contributed by atoms with E-state index in [0.29, 0.717) is 16.1 Å². The van der Waals surface area contributed by atoms with E-state index in [1.54, 1.807) is 24.3 Å². The molecule has 3 rings (SSSR count). The Morgan fingerprint density at radius 1 is 1.00 bits per heavy atom. The van der Waals surface area contributed by atoms with Gasteiger partial charge in [-0.1, -0.05) is 35.9 Å². The molecule has 23 heavy (non-hydrogen) atoms. The van der Waals surface area contributed by atoms with Crippen LogP contribution in [0.25, 0.3) is 11.1 Å². The van der Waals surface area contributed by atoms with Crippen LogP contribution in [0.5, 0.6) is 0 Å². The Kier molecular flexibility index (Phi) is 4.64. The minimum Gasteiger partial charge on any atom is -0.317 e. The first-order valence-corrected chi connectivity index (χ1v) is 8.01. The predicted molar refractivity (Wildman–Crippen MR) is 86.7 cm³/mol. The molecule has 0 saturated carbocycles. The fraction of sp³-hybridized carbons (Fsp3) is 0.333. The lowest BCUT2D eigenvalue weighted by atomic mass is 9.87. The second kappa shape index (κ2) is 6.54. The van der Waals surface area contributed by atoms with Crippen LogP contribution in [-0.4, -0.2) is 13.1 Å². The summed E-state index contributed by atoms with van der Waals surface area (Å²) in [4.78, 5) is 0. The molecule has 2 aromatic carbocycles. The van der Waals surface area contributed by atoms with E-state index < -0.39 is 11.7 Å². The summed E-state index contributed by atoms with van der Waals surface area (Å²) in [5.41, 5.74) is 1.30. The van der Waals surface area contributed by atoms with Gasteiger partial charge in [0.25, 0.3) is 0 Å². The maximum atomic E-state index is 13.3. The maximum Gasteiger partial charge on any atom is 0.416 e. The molecule has 1 aliphatic rings. The minimum absolute atomic E-state index is 0.153. The first-order chi connectivity index (χ1) is 10.9. The van der Waals surface area contributed by atoms with E-state index in [0.717, 1.165) is 31.5 Å². The van der Waals surface area contributed by atoms with E-state index in [1.807, 2.05) is 6.07 Å². The van der Waals surface area contributed by atoms with Crippen molar-refractivity contribution < 1.29 is 13.2 Å². The molecule has 0 aromatic heterocycles. The van der Waals surface area contributed by atoms with Crippen molar-refractivity contribution >= 4 is 11.6 Å². The number of nitrogens with one attached hydrogen (secondary N) is 1. The predicted octanol–water partition coefficient (Wildman–Crippen LogP) is 5.49. The second-order valence-electron chi connectivity index (χ2n) is 5.85. The van der Waals surface area contributed by atoms with Crippen LogP contribution >= 0.6 is 11.6 Å². The van der Waals surface area contributed by atoms with Crippen LogP contribution in [-0.2, 0) is 6.18 Å². The molecule has 2 aromatic rings. The number of hydrogen-bond acceptors (Lipinski definition) is 1. The highest BCUT2D eigenvalue weighted by molar-refractivity contribution is 6.33. The second-order valence-corrected chi connectivity index (χ2v) is 6.25. The Hall–Kier alpha value is -1.52. The van der Waals surface area contributed by atoms with Crippen molar-refractivity contribution in [2.45, 2.75) is 24.9 Å². The Bertz CT molecular complexity index is 691.